The number of quaternary nitrogens is 1. The molecule has 0 radical (unpaired) electrons. The highest BCUT2D eigenvalue weighted by atomic mass is 32.2. The van der Waals surface area contributed by atoms with Gasteiger partial charge in [0.1, 0.15) is 0 Å². The molecule has 0 aromatic carbocycles. The van der Waals surface area contributed by atoms with Crippen LogP contribution >= 0.6 is 0 Å². The summed E-state index contributed by atoms with van der Waals surface area (Å²) >= 11 is 0. The van der Waals surface area contributed by atoms with E-state index in [-0.39, 0.29) is 0 Å². The fraction of sp³-hybridized carbons (Fsp3) is 1.00. The molecule has 0 rings (SSSR count). The predicted molar refractivity (Wildman–Crippen MR) is 104 cm³/mol. The molecule has 0 spiro atoms. The van der Waals surface area contributed by atoms with Gasteiger partial charge in [-0.2, -0.15) is 13.2 Å². The molecule has 0 saturated heterocycles. The van der Waals surface area contributed by atoms with E-state index in [0.29, 0.717) is 0 Å². The second-order valence-corrected chi connectivity index (χ2v) is 8.63. The van der Waals surface area contributed by atoms with Crippen molar-refractivity contribution in [3.8, 4) is 0 Å². The van der Waals surface area contributed by atoms with E-state index >= 15 is 0 Å². The van der Waals surface area contributed by atoms with Gasteiger partial charge in [-0.1, -0.05) is 59.8 Å². The van der Waals surface area contributed by atoms with Gasteiger partial charge in [0, 0.05) is 0 Å². The van der Waals surface area contributed by atoms with E-state index in [1.54, 1.807) is 0 Å². The Bertz CT molecular complexity index is 418. The van der Waals surface area contributed by atoms with Crippen LogP contribution in [0.5, 0.6) is 0 Å². The molecule has 0 heterocycles. The predicted octanol–water partition coefficient (Wildman–Crippen LogP) is 5.84. The lowest BCUT2D eigenvalue weighted by atomic mass is 10.1. The van der Waals surface area contributed by atoms with Crippen LogP contribution in [0.3, 0.4) is 0 Å². The Hall–Kier alpha value is -0.340. The fourth-order valence-electron chi connectivity index (χ4n) is 3.03. The lowest BCUT2D eigenvalue weighted by Gasteiger charge is -2.39. The molecule has 0 aliphatic carbocycles. The molecule has 0 fully saturated rings. The molecule has 0 atom stereocenters. The number of hydrogen-bond donors (Lipinski definition) is 0. The first-order valence-electron chi connectivity index (χ1n) is 10.4. The number of nitrogens with zero attached hydrogens (tertiary/aromatic N) is 1. The molecule has 0 saturated carbocycles. The number of hydrogen-bond acceptors (Lipinski definition) is 3. The molecule has 0 aliphatic rings. The number of rotatable bonds is 14. The fourth-order valence-corrected chi connectivity index (χ4v) is 3.03. The van der Waals surface area contributed by atoms with Crippen molar-refractivity contribution in [2.45, 2.75) is 97.4 Å². The number of alkyl halides is 3. The Morgan fingerprint density at radius 3 is 1.22 bits per heavy atom. The minimum atomic E-state index is -6.09. The smallest absolute Gasteiger partial charge is 0.485 e. The highest BCUT2D eigenvalue weighted by Crippen LogP contribution is 2.20. The topological polar surface area (TPSA) is 57.2 Å². The van der Waals surface area contributed by atoms with Crippen molar-refractivity contribution in [2.24, 2.45) is 0 Å². The summed E-state index contributed by atoms with van der Waals surface area (Å²) in [6.07, 6.45) is 14.0. The average Bonchev–Trinajstić information content (AvgIpc) is 2.58. The zero-order chi connectivity index (χ0) is 21.4. The molecule has 166 valence electrons. The van der Waals surface area contributed by atoms with Gasteiger partial charge in [0.2, 0.25) is 0 Å². The van der Waals surface area contributed by atoms with Crippen molar-refractivity contribution >= 4 is 10.1 Å². The minimum Gasteiger partial charge on any atom is -0.741 e. The van der Waals surface area contributed by atoms with Crippen molar-refractivity contribution in [2.75, 3.05) is 26.2 Å². The van der Waals surface area contributed by atoms with Gasteiger partial charge in [-0.3, -0.25) is 0 Å². The Morgan fingerprint density at radius 2 is 0.963 bits per heavy atom. The quantitative estimate of drug-likeness (QED) is 0.154. The van der Waals surface area contributed by atoms with E-state index in [0.717, 1.165) is 0 Å². The zero-order valence-electron chi connectivity index (χ0n) is 17.6. The van der Waals surface area contributed by atoms with E-state index in [4.69, 9.17) is 13.0 Å². The second-order valence-electron chi connectivity index (χ2n) is 7.26. The van der Waals surface area contributed by atoms with Crippen LogP contribution in [0.15, 0.2) is 0 Å². The standard InChI is InChI=1S/C18H40N.CHF3O3S/c1-5-9-13-14-18-19(15-10-6-2,16-11-7-3)17-12-8-4;2-1(3,4)8(5,6)7/h5-18H2,1-4H3;(H,5,6,7)/q+1;/p-1. The summed E-state index contributed by atoms with van der Waals surface area (Å²) in [7, 11) is -6.09. The summed E-state index contributed by atoms with van der Waals surface area (Å²) in [5.41, 5.74) is -5.65. The largest absolute Gasteiger partial charge is 0.741 e. The first-order chi connectivity index (χ1) is 12.5. The first-order valence-corrected chi connectivity index (χ1v) is 11.8. The lowest BCUT2D eigenvalue weighted by molar-refractivity contribution is -0.929. The van der Waals surface area contributed by atoms with Crippen LogP contribution in [-0.4, -0.2) is 49.1 Å². The van der Waals surface area contributed by atoms with Gasteiger partial charge in [-0.05, 0) is 32.1 Å². The van der Waals surface area contributed by atoms with Crippen LogP contribution in [0.2, 0.25) is 0 Å². The Labute approximate surface area is 164 Å². The molecule has 0 N–H and O–H groups in total. The summed E-state index contributed by atoms with van der Waals surface area (Å²) in [6.45, 7) is 15.1. The highest BCUT2D eigenvalue weighted by molar-refractivity contribution is 7.86. The molecule has 0 aliphatic heterocycles. The molecule has 0 aromatic rings. The third kappa shape index (κ3) is 15.3. The summed E-state index contributed by atoms with van der Waals surface area (Å²) in [5.74, 6) is 0. The summed E-state index contributed by atoms with van der Waals surface area (Å²) in [5, 5.41) is 0. The Balaban J connectivity index is 0. The SMILES string of the molecule is CCCCCC[N+](CCCC)(CCCC)CCCC.O=S(=O)([O-])C(F)(F)F. The van der Waals surface area contributed by atoms with Crippen molar-refractivity contribution in [3.05, 3.63) is 0 Å². The monoisotopic (exact) mass is 419 g/mol. The Kier molecular flexibility index (Phi) is 16.6. The lowest BCUT2D eigenvalue weighted by Crippen LogP contribution is -2.50. The number of unbranched alkanes of at least 4 members (excludes halogenated alkanes) is 6. The van der Waals surface area contributed by atoms with Crippen molar-refractivity contribution in [1.29, 1.82) is 0 Å². The van der Waals surface area contributed by atoms with Crippen LogP contribution in [0, 0.1) is 0 Å². The average molecular weight is 420 g/mol. The molecule has 0 amide bonds. The maximum atomic E-state index is 10.7. The van der Waals surface area contributed by atoms with E-state index in [2.05, 4.69) is 27.7 Å². The maximum absolute atomic E-state index is 10.7. The molecule has 0 bridgehead atoms. The van der Waals surface area contributed by atoms with Crippen LogP contribution in [-0.2, 0) is 10.1 Å². The third-order valence-electron chi connectivity index (χ3n) is 4.73. The molecule has 8 heteroatoms. The van der Waals surface area contributed by atoms with Gasteiger partial charge in [-0.25, -0.2) is 8.42 Å². The van der Waals surface area contributed by atoms with Crippen molar-refractivity contribution < 1.29 is 30.6 Å². The molecule has 4 nitrogen and oxygen atoms in total. The number of halogens is 3. The molecular weight excluding hydrogens is 379 g/mol. The zero-order valence-corrected chi connectivity index (χ0v) is 18.4. The summed E-state index contributed by atoms with van der Waals surface area (Å²) in [6, 6.07) is 0. The van der Waals surface area contributed by atoms with Gasteiger partial charge >= 0.3 is 5.51 Å². The van der Waals surface area contributed by atoms with Crippen LogP contribution < -0.4 is 0 Å². The molecule has 27 heavy (non-hydrogen) atoms. The van der Waals surface area contributed by atoms with E-state index in [9.17, 15) is 13.2 Å². The van der Waals surface area contributed by atoms with E-state index in [1.165, 1.54) is 94.9 Å². The van der Waals surface area contributed by atoms with E-state index in [1.807, 2.05) is 0 Å². The molecule has 0 unspecified atom stereocenters. The third-order valence-corrected chi connectivity index (χ3v) is 5.29. The van der Waals surface area contributed by atoms with Crippen LogP contribution in [0.25, 0.3) is 0 Å². The summed E-state index contributed by atoms with van der Waals surface area (Å²) in [4.78, 5) is 0. The van der Waals surface area contributed by atoms with Crippen LogP contribution in [0.1, 0.15) is 91.9 Å². The maximum Gasteiger partial charge on any atom is 0.485 e. The van der Waals surface area contributed by atoms with Crippen molar-refractivity contribution in [3.63, 3.8) is 0 Å². The van der Waals surface area contributed by atoms with Gasteiger partial charge in [0.15, 0.2) is 10.1 Å². The molecule has 0 aromatic heterocycles. The molecular formula is C19H40F3NO3S. The van der Waals surface area contributed by atoms with Crippen LogP contribution in [0.4, 0.5) is 13.2 Å². The second kappa shape index (κ2) is 15.6. The first kappa shape index (κ1) is 28.9. The van der Waals surface area contributed by atoms with Crippen molar-refractivity contribution in [1.82, 2.24) is 0 Å². The normalized spacial score (nSPS) is 12.6. The minimum absolute atomic E-state index is 1.35. The Morgan fingerprint density at radius 1 is 0.667 bits per heavy atom. The van der Waals surface area contributed by atoms with E-state index < -0.39 is 15.6 Å². The van der Waals surface area contributed by atoms with Gasteiger partial charge in [0.25, 0.3) is 0 Å². The summed E-state index contributed by atoms with van der Waals surface area (Å²) < 4.78 is 60.3. The highest BCUT2D eigenvalue weighted by Gasteiger charge is 2.36. The van der Waals surface area contributed by atoms with Gasteiger partial charge in [0.05, 0.1) is 26.2 Å². The van der Waals surface area contributed by atoms with Gasteiger partial charge < -0.3 is 9.04 Å². The van der Waals surface area contributed by atoms with Gasteiger partial charge in [-0.15, -0.1) is 0 Å².